The molecule has 0 bridgehead atoms. The number of benzene rings is 1. The van der Waals surface area contributed by atoms with Crippen LogP contribution in [0.25, 0.3) is 0 Å². The average molecular weight is 343 g/mol. The summed E-state index contributed by atoms with van der Waals surface area (Å²) >= 11 is 5.97. The minimum atomic E-state index is -0.241. The number of amidine groups is 1. The molecular formula is C17H15ClN4O2. The fourth-order valence-corrected chi connectivity index (χ4v) is 3.20. The quantitative estimate of drug-likeness (QED) is 0.907. The van der Waals surface area contributed by atoms with Gasteiger partial charge in [0.15, 0.2) is 0 Å². The number of aliphatic imine (C=N–C) groups is 2. The molecule has 4 rings (SSSR count). The maximum absolute atomic E-state index is 12.9. The van der Waals surface area contributed by atoms with Gasteiger partial charge in [0.25, 0.3) is 5.91 Å². The van der Waals surface area contributed by atoms with Crippen molar-refractivity contribution in [3.63, 3.8) is 0 Å². The van der Waals surface area contributed by atoms with Crippen molar-refractivity contribution in [2.24, 2.45) is 9.98 Å². The maximum Gasteiger partial charge on any atom is 0.260 e. The van der Waals surface area contributed by atoms with Crippen LogP contribution in [0.4, 0.5) is 11.6 Å². The molecule has 0 radical (unpaired) electrons. The van der Waals surface area contributed by atoms with Crippen LogP contribution in [-0.2, 0) is 0 Å². The van der Waals surface area contributed by atoms with Gasteiger partial charge < -0.3 is 14.6 Å². The van der Waals surface area contributed by atoms with Crippen molar-refractivity contribution >= 4 is 41.3 Å². The van der Waals surface area contributed by atoms with Crippen molar-refractivity contribution in [3.8, 4) is 0 Å². The first kappa shape index (κ1) is 15.0. The minimum absolute atomic E-state index is 0.241. The molecule has 0 saturated heterocycles. The molecule has 7 heteroatoms. The first-order valence-electron chi connectivity index (χ1n) is 7.61. The fraction of sp³-hybridized carbons (Fsp3) is 0.235. The van der Waals surface area contributed by atoms with Gasteiger partial charge in [0.1, 0.15) is 17.9 Å². The van der Waals surface area contributed by atoms with E-state index in [2.05, 4.69) is 15.3 Å². The summed E-state index contributed by atoms with van der Waals surface area (Å²) in [6, 6.07) is 5.34. The molecule has 2 aliphatic rings. The topological polar surface area (TPSA) is 70.2 Å². The van der Waals surface area contributed by atoms with Gasteiger partial charge in [-0.1, -0.05) is 11.6 Å². The SMILES string of the molecule is Cc1cc(Cl)ccc1NC(=O)c1c(C)oc2c1C1=NCCN1C=N2. The second-order valence-corrected chi connectivity index (χ2v) is 6.21. The van der Waals surface area contributed by atoms with E-state index >= 15 is 0 Å². The molecular weight excluding hydrogens is 328 g/mol. The van der Waals surface area contributed by atoms with Crippen LogP contribution in [-0.4, -0.2) is 36.1 Å². The van der Waals surface area contributed by atoms with E-state index in [1.54, 1.807) is 25.4 Å². The highest BCUT2D eigenvalue weighted by Crippen LogP contribution is 2.35. The predicted octanol–water partition coefficient (Wildman–Crippen LogP) is 3.54. The molecule has 1 N–H and O–H groups in total. The summed E-state index contributed by atoms with van der Waals surface area (Å²) < 4.78 is 5.67. The molecule has 1 aromatic carbocycles. The lowest BCUT2D eigenvalue weighted by atomic mass is 10.1. The summed E-state index contributed by atoms with van der Waals surface area (Å²) in [6.07, 6.45) is 1.70. The standard InChI is InChI=1S/C17H15ClN4O2/c1-9-7-11(18)3-4-12(9)21-16(23)13-10(2)24-17-14(13)15-19-5-6-22(15)8-20-17/h3-4,7-8H,5-6H2,1-2H3,(H,21,23). The monoisotopic (exact) mass is 342 g/mol. The molecule has 0 unspecified atom stereocenters. The van der Waals surface area contributed by atoms with Crippen molar-refractivity contribution in [3.05, 3.63) is 45.7 Å². The van der Waals surface area contributed by atoms with Crippen LogP contribution in [0.3, 0.4) is 0 Å². The number of aryl methyl sites for hydroxylation is 2. The normalized spacial score (nSPS) is 15.1. The number of amides is 1. The number of carbonyl (C=O) groups is 1. The summed E-state index contributed by atoms with van der Waals surface area (Å²) in [5, 5.41) is 3.56. The Morgan fingerprint density at radius 3 is 3.00 bits per heavy atom. The Morgan fingerprint density at radius 2 is 2.21 bits per heavy atom. The number of furan rings is 1. The van der Waals surface area contributed by atoms with Gasteiger partial charge in [-0.3, -0.25) is 9.79 Å². The molecule has 3 heterocycles. The zero-order valence-electron chi connectivity index (χ0n) is 13.3. The predicted molar refractivity (Wildman–Crippen MR) is 93.8 cm³/mol. The molecule has 24 heavy (non-hydrogen) atoms. The second kappa shape index (κ2) is 5.49. The zero-order valence-corrected chi connectivity index (χ0v) is 14.0. The number of halogens is 1. The fourth-order valence-electron chi connectivity index (χ4n) is 2.97. The number of hydrogen-bond acceptors (Lipinski definition) is 5. The van der Waals surface area contributed by atoms with Gasteiger partial charge in [0, 0.05) is 17.3 Å². The molecule has 2 aliphatic heterocycles. The molecule has 0 fully saturated rings. The van der Waals surface area contributed by atoms with Gasteiger partial charge in [-0.25, -0.2) is 4.99 Å². The Morgan fingerprint density at radius 1 is 1.38 bits per heavy atom. The van der Waals surface area contributed by atoms with Crippen LogP contribution in [0.2, 0.25) is 5.02 Å². The summed E-state index contributed by atoms with van der Waals surface area (Å²) in [5.41, 5.74) is 2.74. The van der Waals surface area contributed by atoms with Crippen LogP contribution in [0.5, 0.6) is 0 Å². The van der Waals surface area contributed by atoms with E-state index in [0.29, 0.717) is 40.0 Å². The Bertz CT molecular complexity index is 914. The van der Waals surface area contributed by atoms with E-state index < -0.39 is 0 Å². The molecule has 0 atom stereocenters. The van der Waals surface area contributed by atoms with E-state index in [4.69, 9.17) is 16.0 Å². The summed E-state index contributed by atoms with van der Waals surface area (Å²) in [5.74, 6) is 1.46. The van der Waals surface area contributed by atoms with E-state index in [0.717, 1.165) is 17.9 Å². The number of fused-ring (bicyclic) bond motifs is 3. The van der Waals surface area contributed by atoms with E-state index in [9.17, 15) is 4.79 Å². The molecule has 0 saturated carbocycles. The minimum Gasteiger partial charge on any atom is -0.442 e. The van der Waals surface area contributed by atoms with Gasteiger partial charge in [-0.2, -0.15) is 0 Å². The number of nitrogens with zero attached hydrogens (tertiary/aromatic N) is 3. The zero-order chi connectivity index (χ0) is 16.8. The molecule has 1 aromatic heterocycles. The maximum atomic E-state index is 12.9. The van der Waals surface area contributed by atoms with Crippen molar-refractivity contribution in [1.29, 1.82) is 0 Å². The number of nitrogens with one attached hydrogen (secondary N) is 1. The van der Waals surface area contributed by atoms with Crippen LogP contribution < -0.4 is 5.32 Å². The third-order valence-electron chi connectivity index (χ3n) is 4.14. The van der Waals surface area contributed by atoms with Crippen LogP contribution in [0.1, 0.15) is 27.2 Å². The van der Waals surface area contributed by atoms with Gasteiger partial charge in [0.2, 0.25) is 5.88 Å². The van der Waals surface area contributed by atoms with Crippen molar-refractivity contribution in [2.45, 2.75) is 13.8 Å². The number of anilines is 1. The van der Waals surface area contributed by atoms with Crippen molar-refractivity contribution in [2.75, 3.05) is 18.4 Å². The highest BCUT2D eigenvalue weighted by atomic mass is 35.5. The second-order valence-electron chi connectivity index (χ2n) is 5.77. The van der Waals surface area contributed by atoms with Gasteiger partial charge in [0.05, 0.1) is 17.7 Å². The summed E-state index contributed by atoms with van der Waals surface area (Å²) in [4.78, 5) is 23.6. The largest absolute Gasteiger partial charge is 0.442 e. The van der Waals surface area contributed by atoms with E-state index in [1.165, 1.54) is 0 Å². The Balaban J connectivity index is 1.74. The lowest BCUT2D eigenvalue weighted by Gasteiger charge is -2.18. The highest BCUT2D eigenvalue weighted by Gasteiger charge is 2.33. The first-order valence-corrected chi connectivity index (χ1v) is 7.99. The molecule has 122 valence electrons. The van der Waals surface area contributed by atoms with Gasteiger partial charge in [-0.15, -0.1) is 0 Å². The lowest BCUT2D eigenvalue weighted by Crippen LogP contribution is -2.30. The van der Waals surface area contributed by atoms with Crippen LogP contribution in [0, 0.1) is 13.8 Å². The lowest BCUT2D eigenvalue weighted by molar-refractivity contribution is 0.102. The molecule has 0 aliphatic carbocycles. The van der Waals surface area contributed by atoms with Crippen molar-refractivity contribution < 1.29 is 9.21 Å². The Labute approximate surface area is 143 Å². The number of hydrogen-bond donors (Lipinski definition) is 1. The molecule has 1 amide bonds. The smallest absolute Gasteiger partial charge is 0.260 e. The highest BCUT2D eigenvalue weighted by molar-refractivity contribution is 6.30. The van der Waals surface area contributed by atoms with E-state index in [-0.39, 0.29) is 5.91 Å². The number of rotatable bonds is 2. The van der Waals surface area contributed by atoms with Gasteiger partial charge >= 0.3 is 0 Å². The summed E-state index contributed by atoms with van der Waals surface area (Å²) in [6.45, 7) is 5.10. The third kappa shape index (κ3) is 2.30. The van der Waals surface area contributed by atoms with E-state index in [1.807, 2.05) is 17.9 Å². The van der Waals surface area contributed by atoms with Gasteiger partial charge in [-0.05, 0) is 37.6 Å². The molecule has 0 spiro atoms. The van der Waals surface area contributed by atoms with Crippen LogP contribution >= 0.6 is 11.6 Å². The summed E-state index contributed by atoms with van der Waals surface area (Å²) in [7, 11) is 0. The average Bonchev–Trinajstić information content (AvgIpc) is 3.12. The van der Waals surface area contributed by atoms with Crippen LogP contribution in [0.15, 0.2) is 32.6 Å². The molecule has 6 nitrogen and oxygen atoms in total. The Hall–Kier alpha value is -2.60. The van der Waals surface area contributed by atoms with Crippen molar-refractivity contribution in [1.82, 2.24) is 4.90 Å². The first-order chi connectivity index (χ1) is 11.5. The third-order valence-corrected chi connectivity index (χ3v) is 4.38. The molecule has 2 aromatic rings. The number of carbonyl (C=O) groups excluding carboxylic acids is 1. The Kier molecular flexibility index (Phi) is 3.42.